The Balaban J connectivity index is 1.33. The van der Waals surface area contributed by atoms with Crippen molar-refractivity contribution < 1.29 is 14.1 Å². The minimum atomic E-state index is -0.507. The summed E-state index contributed by atoms with van der Waals surface area (Å²) < 4.78 is 4.60. The lowest BCUT2D eigenvalue weighted by atomic mass is 10.2. The van der Waals surface area contributed by atoms with E-state index in [0.29, 0.717) is 12.6 Å². The quantitative estimate of drug-likeness (QED) is 0.803. The minimum Gasteiger partial charge on any atom is -0.365 e. The zero-order valence-corrected chi connectivity index (χ0v) is 12.9. The number of para-hydroxylation sites is 1. The van der Waals surface area contributed by atoms with Crippen molar-refractivity contribution in [3.63, 3.8) is 0 Å². The number of urea groups is 1. The number of amides is 3. The summed E-state index contributed by atoms with van der Waals surface area (Å²) in [5.41, 5.74) is 6.09. The number of hydrazine groups is 1. The number of hydrogen-bond donors (Lipinski definition) is 2. The summed E-state index contributed by atoms with van der Waals surface area (Å²) in [6, 6.07) is 11.8. The number of fused-ring (bicyclic) bond motifs is 2. The lowest BCUT2D eigenvalue weighted by Gasteiger charge is -2.35. The van der Waals surface area contributed by atoms with Crippen molar-refractivity contribution in [1.29, 1.82) is 0 Å². The van der Waals surface area contributed by atoms with Crippen molar-refractivity contribution in [3.8, 4) is 0 Å². The number of nitrogens with zero attached hydrogens (tertiary/aromatic N) is 3. The van der Waals surface area contributed by atoms with E-state index < -0.39 is 5.91 Å². The number of carbonyl (C=O) groups is 2. The maximum atomic E-state index is 12.3. The van der Waals surface area contributed by atoms with E-state index in [9.17, 15) is 9.59 Å². The normalized spacial score (nSPS) is 21.8. The fourth-order valence-corrected chi connectivity index (χ4v) is 3.43. The van der Waals surface area contributed by atoms with Gasteiger partial charge in [-0.25, -0.2) is 10.2 Å². The Kier molecular flexibility index (Phi) is 3.56. The number of nitrogens with one attached hydrogen (secondary N) is 2. The van der Waals surface area contributed by atoms with Crippen LogP contribution < -0.4 is 15.8 Å². The average Bonchev–Trinajstić information content (AvgIpc) is 3.36. The summed E-state index contributed by atoms with van der Waals surface area (Å²) in [6.45, 7) is 1.45. The molecule has 2 aromatic rings. The first-order valence-corrected chi connectivity index (χ1v) is 7.81. The van der Waals surface area contributed by atoms with Gasteiger partial charge in [-0.1, -0.05) is 23.4 Å². The Morgan fingerprint density at radius 1 is 1.08 bits per heavy atom. The van der Waals surface area contributed by atoms with Gasteiger partial charge in [0.15, 0.2) is 5.69 Å². The van der Waals surface area contributed by atoms with Crippen LogP contribution in [-0.2, 0) is 0 Å². The standard InChI is InChI=1S/C16H17N5O3/c22-15(14-6-7-24-19-14)17-18-16(23)21-10-12-8-13(21)9-20(12)11-4-2-1-3-5-11/h1-7,12-13H,8-10H2,(H,17,22)(H,18,23)/t12-,13-/m0/s1. The molecule has 2 saturated heterocycles. The minimum absolute atomic E-state index is 0.119. The van der Waals surface area contributed by atoms with Gasteiger partial charge in [0.1, 0.15) is 6.26 Å². The molecular weight excluding hydrogens is 310 g/mol. The molecular formula is C16H17N5O3. The van der Waals surface area contributed by atoms with Crippen molar-refractivity contribution >= 4 is 17.6 Å². The fraction of sp³-hybridized carbons (Fsp3) is 0.312. The van der Waals surface area contributed by atoms with Crippen LogP contribution in [0.3, 0.4) is 0 Å². The molecule has 124 valence electrons. The zero-order valence-electron chi connectivity index (χ0n) is 12.9. The number of hydrogen-bond acceptors (Lipinski definition) is 5. The highest BCUT2D eigenvalue weighted by atomic mass is 16.5. The predicted octanol–water partition coefficient (Wildman–Crippen LogP) is 0.992. The van der Waals surface area contributed by atoms with E-state index in [0.717, 1.165) is 13.0 Å². The first kappa shape index (κ1) is 14.6. The molecule has 1 aromatic carbocycles. The summed E-state index contributed by atoms with van der Waals surface area (Å²) in [6.07, 6.45) is 2.24. The van der Waals surface area contributed by atoms with Crippen LogP contribution in [0.15, 0.2) is 47.2 Å². The lowest BCUT2D eigenvalue weighted by molar-refractivity contribution is 0.0919. The van der Waals surface area contributed by atoms with Crippen molar-refractivity contribution in [3.05, 3.63) is 48.4 Å². The Hall–Kier alpha value is -3.03. The molecule has 3 heterocycles. The first-order chi connectivity index (χ1) is 11.7. The SMILES string of the molecule is O=C(NNC(=O)N1C[C@@H]2C[C@H]1CN2c1ccccc1)c1ccon1. The lowest BCUT2D eigenvalue weighted by Crippen LogP contribution is -2.55. The van der Waals surface area contributed by atoms with Crippen molar-refractivity contribution in [2.75, 3.05) is 18.0 Å². The van der Waals surface area contributed by atoms with Crippen molar-refractivity contribution in [2.24, 2.45) is 0 Å². The molecule has 2 bridgehead atoms. The van der Waals surface area contributed by atoms with Gasteiger partial charge < -0.3 is 14.3 Å². The average molecular weight is 327 g/mol. The van der Waals surface area contributed by atoms with Crippen LogP contribution in [0.2, 0.25) is 0 Å². The molecule has 2 N–H and O–H groups in total. The Labute approximate surface area is 138 Å². The predicted molar refractivity (Wildman–Crippen MR) is 85.2 cm³/mol. The van der Waals surface area contributed by atoms with Crippen LogP contribution in [0.4, 0.5) is 10.5 Å². The third kappa shape index (κ3) is 2.55. The molecule has 2 atom stereocenters. The molecule has 3 amide bonds. The van der Waals surface area contributed by atoms with E-state index in [-0.39, 0.29) is 17.8 Å². The van der Waals surface area contributed by atoms with E-state index >= 15 is 0 Å². The highest BCUT2D eigenvalue weighted by Gasteiger charge is 2.45. The van der Waals surface area contributed by atoms with Gasteiger partial charge in [0.2, 0.25) is 0 Å². The van der Waals surface area contributed by atoms with E-state index in [1.807, 2.05) is 18.2 Å². The third-order valence-corrected chi connectivity index (χ3v) is 4.54. The summed E-state index contributed by atoms with van der Waals surface area (Å²) in [5, 5.41) is 3.51. The number of anilines is 1. The topological polar surface area (TPSA) is 90.7 Å². The van der Waals surface area contributed by atoms with Crippen LogP contribution in [0.5, 0.6) is 0 Å². The molecule has 2 fully saturated rings. The van der Waals surface area contributed by atoms with E-state index in [2.05, 4.69) is 37.6 Å². The summed E-state index contributed by atoms with van der Waals surface area (Å²) in [4.78, 5) is 28.1. The van der Waals surface area contributed by atoms with Gasteiger partial charge in [-0.15, -0.1) is 0 Å². The van der Waals surface area contributed by atoms with E-state index in [1.165, 1.54) is 18.0 Å². The molecule has 0 unspecified atom stereocenters. The second-order valence-corrected chi connectivity index (χ2v) is 5.95. The molecule has 1 aromatic heterocycles. The monoisotopic (exact) mass is 327 g/mol. The summed E-state index contributed by atoms with van der Waals surface area (Å²) in [7, 11) is 0. The second kappa shape index (κ2) is 5.88. The van der Waals surface area contributed by atoms with Crippen molar-refractivity contribution in [1.82, 2.24) is 20.9 Å². The summed E-state index contributed by atoms with van der Waals surface area (Å²) in [5.74, 6) is -0.507. The molecule has 0 spiro atoms. The third-order valence-electron chi connectivity index (χ3n) is 4.54. The van der Waals surface area contributed by atoms with Gasteiger partial charge in [0, 0.05) is 30.9 Å². The zero-order chi connectivity index (χ0) is 16.5. The Morgan fingerprint density at radius 2 is 1.92 bits per heavy atom. The van der Waals surface area contributed by atoms with Crippen LogP contribution in [0.1, 0.15) is 16.9 Å². The molecule has 2 aliphatic heterocycles. The fourth-order valence-electron chi connectivity index (χ4n) is 3.43. The molecule has 8 heteroatoms. The summed E-state index contributed by atoms with van der Waals surface area (Å²) >= 11 is 0. The number of rotatable bonds is 2. The number of likely N-dealkylation sites (tertiary alicyclic amines) is 1. The van der Waals surface area contributed by atoms with Crippen molar-refractivity contribution in [2.45, 2.75) is 18.5 Å². The van der Waals surface area contributed by atoms with Crippen LogP contribution in [-0.4, -0.2) is 47.2 Å². The molecule has 24 heavy (non-hydrogen) atoms. The van der Waals surface area contributed by atoms with E-state index in [4.69, 9.17) is 0 Å². The Bertz CT molecular complexity index is 733. The first-order valence-electron chi connectivity index (χ1n) is 7.81. The highest BCUT2D eigenvalue weighted by molar-refractivity contribution is 5.93. The Morgan fingerprint density at radius 3 is 2.58 bits per heavy atom. The number of benzene rings is 1. The van der Waals surface area contributed by atoms with E-state index in [1.54, 1.807) is 4.90 Å². The molecule has 0 aliphatic carbocycles. The van der Waals surface area contributed by atoms with Gasteiger partial charge >= 0.3 is 6.03 Å². The van der Waals surface area contributed by atoms with Gasteiger partial charge in [-0.3, -0.25) is 10.2 Å². The smallest absolute Gasteiger partial charge is 0.336 e. The maximum Gasteiger partial charge on any atom is 0.336 e. The highest BCUT2D eigenvalue weighted by Crippen LogP contribution is 2.34. The second-order valence-electron chi connectivity index (χ2n) is 5.95. The van der Waals surface area contributed by atoms with Crippen LogP contribution >= 0.6 is 0 Å². The molecule has 8 nitrogen and oxygen atoms in total. The van der Waals surface area contributed by atoms with Gasteiger partial charge in [0.25, 0.3) is 5.91 Å². The molecule has 4 rings (SSSR count). The molecule has 0 saturated carbocycles. The number of aromatic nitrogens is 1. The number of carbonyl (C=O) groups excluding carboxylic acids is 2. The molecule has 0 radical (unpaired) electrons. The van der Waals surface area contributed by atoms with Crippen LogP contribution in [0, 0.1) is 0 Å². The van der Waals surface area contributed by atoms with Gasteiger partial charge in [0.05, 0.1) is 6.04 Å². The largest absolute Gasteiger partial charge is 0.365 e. The van der Waals surface area contributed by atoms with Gasteiger partial charge in [-0.05, 0) is 18.6 Å². The van der Waals surface area contributed by atoms with Gasteiger partial charge in [-0.2, -0.15) is 0 Å². The molecule has 2 aliphatic rings. The maximum absolute atomic E-state index is 12.3. The van der Waals surface area contributed by atoms with Crippen LogP contribution in [0.25, 0.3) is 0 Å². The number of piperazine rings is 1.